The molecule has 0 aliphatic carbocycles. The van der Waals surface area contributed by atoms with Gasteiger partial charge in [-0.05, 0) is 62.2 Å². The van der Waals surface area contributed by atoms with Gasteiger partial charge >= 0.3 is 6.18 Å². The van der Waals surface area contributed by atoms with Crippen molar-refractivity contribution in [1.82, 2.24) is 9.62 Å². The molecule has 1 aliphatic rings. The number of nitrogens with one attached hydrogen (secondary N) is 1. The van der Waals surface area contributed by atoms with Gasteiger partial charge in [-0.15, -0.1) is 0 Å². The van der Waals surface area contributed by atoms with Crippen molar-refractivity contribution in [2.45, 2.75) is 30.8 Å². The van der Waals surface area contributed by atoms with Crippen LogP contribution in [0.1, 0.15) is 24.0 Å². The predicted octanol–water partition coefficient (Wildman–Crippen LogP) is 3.89. The SMILES string of the molecule is Cc1cccc(N2CCN(CCCCNS(=O)(=O)c3cccc(C(F)(F)F)c3)CC2)c1. The molecule has 170 valence electrons. The molecular weight excluding hydrogens is 427 g/mol. The second-order valence-electron chi connectivity index (χ2n) is 7.80. The van der Waals surface area contributed by atoms with Crippen molar-refractivity contribution in [3.05, 3.63) is 59.7 Å². The lowest BCUT2D eigenvalue weighted by atomic mass is 10.2. The highest BCUT2D eigenvalue weighted by Crippen LogP contribution is 2.30. The zero-order valence-electron chi connectivity index (χ0n) is 17.5. The van der Waals surface area contributed by atoms with E-state index in [1.807, 2.05) is 0 Å². The lowest BCUT2D eigenvalue weighted by Gasteiger charge is -2.36. The highest BCUT2D eigenvalue weighted by molar-refractivity contribution is 7.89. The summed E-state index contributed by atoms with van der Waals surface area (Å²) in [6.45, 7) is 6.95. The second-order valence-corrected chi connectivity index (χ2v) is 9.57. The van der Waals surface area contributed by atoms with Crippen LogP contribution in [-0.2, 0) is 16.2 Å². The maximum atomic E-state index is 12.8. The number of hydrogen-bond acceptors (Lipinski definition) is 4. The molecule has 1 saturated heterocycles. The van der Waals surface area contributed by atoms with Crippen LogP contribution in [0.2, 0.25) is 0 Å². The van der Waals surface area contributed by atoms with Gasteiger partial charge in [0.25, 0.3) is 0 Å². The van der Waals surface area contributed by atoms with Crippen LogP contribution in [0.15, 0.2) is 53.4 Å². The Kier molecular flexibility index (Phi) is 7.61. The van der Waals surface area contributed by atoms with Gasteiger partial charge in [0.05, 0.1) is 10.5 Å². The van der Waals surface area contributed by atoms with Gasteiger partial charge in [-0.2, -0.15) is 13.2 Å². The summed E-state index contributed by atoms with van der Waals surface area (Å²) in [7, 11) is -3.96. The van der Waals surface area contributed by atoms with E-state index in [2.05, 4.69) is 45.7 Å². The average Bonchev–Trinajstić information content (AvgIpc) is 2.73. The van der Waals surface area contributed by atoms with Crippen molar-refractivity contribution in [2.24, 2.45) is 0 Å². The summed E-state index contributed by atoms with van der Waals surface area (Å²) in [6.07, 6.45) is -3.14. The molecule has 2 aromatic carbocycles. The van der Waals surface area contributed by atoms with Crippen molar-refractivity contribution >= 4 is 15.7 Å². The molecule has 1 N–H and O–H groups in total. The summed E-state index contributed by atoms with van der Waals surface area (Å²) in [6, 6.07) is 12.3. The maximum Gasteiger partial charge on any atom is 0.416 e. The third kappa shape index (κ3) is 6.69. The molecule has 5 nitrogen and oxygen atoms in total. The Morgan fingerprint density at radius 2 is 1.68 bits per heavy atom. The first kappa shape index (κ1) is 23.6. The van der Waals surface area contributed by atoms with Gasteiger partial charge in [0.1, 0.15) is 0 Å². The molecule has 0 unspecified atom stereocenters. The van der Waals surface area contributed by atoms with Crippen LogP contribution in [0.5, 0.6) is 0 Å². The summed E-state index contributed by atoms with van der Waals surface area (Å²) in [4.78, 5) is 4.36. The molecule has 2 aromatic rings. The Balaban J connectivity index is 1.39. The molecule has 1 heterocycles. The van der Waals surface area contributed by atoms with Gasteiger partial charge in [0.2, 0.25) is 10.0 Å². The molecular formula is C22H28F3N3O2S. The highest BCUT2D eigenvalue weighted by atomic mass is 32.2. The molecule has 0 saturated carbocycles. The molecule has 3 rings (SSSR count). The van der Waals surface area contributed by atoms with E-state index >= 15 is 0 Å². The summed E-state index contributed by atoms with van der Waals surface area (Å²) in [5.74, 6) is 0. The van der Waals surface area contributed by atoms with E-state index in [1.54, 1.807) is 0 Å². The number of hydrogen-bond donors (Lipinski definition) is 1. The number of halogens is 3. The lowest BCUT2D eigenvalue weighted by Crippen LogP contribution is -2.46. The van der Waals surface area contributed by atoms with Crippen molar-refractivity contribution in [2.75, 3.05) is 44.2 Å². The standard InChI is InChI=1S/C22H28F3N3O2S/c1-18-6-4-8-20(16-18)28-14-12-27(13-15-28)11-3-2-10-26-31(29,30)21-9-5-7-19(17-21)22(23,24)25/h4-9,16-17,26H,2-3,10-15H2,1H3. The number of unbranched alkanes of at least 4 members (excludes halogenated alkanes) is 1. The van der Waals surface area contributed by atoms with Gasteiger partial charge in [-0.3, -0.25) is 4.90 Å². The number of piperazine rings is 1. The fraction of sp³-hybridized carbons (Fsp3) is 0.455. The molecule has 1 fully saturated rings. The van der Waals surface area contributed by atoms with Gasteiger partial charge in [0, 0.05) is 38.4 Å². The first-order valence-electron chi connectivity index (χ1n) is 10.4. The zero-order valence-corrected chi connectivity index (χ0v) is 18.3. The Bertz CT molecular complexity index is 972. The number of alkyl halides is 3. The van der Waals surface area contributed by atoms with E-state index in [4.69, 9.17) is 0 Å². The topological polar surface area (TPSA) is 52.6 Å². The fourth-order valence-electron chi connectivity index (χ4n) is 3.64. The monoisotopic (exact) mass is 455 g/mol. The van der Waals surface area contributed by atoms with Crippen LogP contribution in [0, 0.1) is 6.92 Å². The van der Waals surface area contributed by atoms with E-state index in [9.17, 15) is 21.6 Å². The van der Waals surface area contributed by atoms with Gasteiger partial charge in [0.15, 0.2) is 0 Å². The molecule has 0 aromatic heterocycles. The Labute approximate surface area is 181 Å². The van der Waals surface area contributed by atoms with Gasteiger partial charge in [-0.25, -0.2) is 13.1 Å². The van der Waals surface area contributed by atoms with Crippen LogP contribution >= 0.6 is 0 Å². The van der Waals surface area contributed by atoms with Gasteiger partial charge < -0.3 is 4.90 Å². The fourth-order valence-corrected chi connectivity index (χ4v) is 4.76. The number of benzene rings is 2. The maximum absolute atomic E-state index is 12.8. The van der Waals surface area contributed by atoms with Crippen molar-refractivity contribution in [3.8, 4) is 0 Å². The molecule has 0 atom stereocenters. The van der Waals surface area contributed by atoms with Crippen molar-refractivity contribution < 1.29 is 21.6 Å². The molecule has 0 radical (unpaired) electrons. The summed E-state index contributed by atoms with van der Waals surface area (Å²) >= 11 is 0. The number of anilines is 1. The predicted molar refractivity (Wildman–Crippen MR) is 116 cm³/mol. The second kappa shape index (κ2) is 10.0. The third-order valence-electron chi connectivity index (χ3n) is 5.40. The highest BCUT2D eigenvalue weighted by Gasteiger charge is 2.31. The van der Waals surface area contributed by atoms with E-state index in [0.717, 1.165) is 51.3 Å². The van der Waals surface area contributed by atoms with E-state index in [0.29, 0.717) is 12.5 Å². The van der Waals surface area contributed by atoms with Gasteiger partial charge in [-0.1, -0.05) is 18.2 Å². The third-order valence-corrected chi connectivity index (χ3v) is 6.86. The smallest absolute Gasteiger partial charge is 0.369 e. The average molecular weight is 456 g/mol. The number of sulfonamides is 1. The Morgan fingerprint density at radius 1 is 0.968 bits per heavy atom. The number of nitrogens with zero attached hydrogens (tertiary/aromatic N) is 2. The quantitative estimate of drug-likeness (QED) is 0.614. The van der Waals surface area contributed by atoms with Crippen LogP contribution in [0.3, 0.4) is 0 Å². The summed E-state index contributed by atoms with van der Waals surface area (Å²) < 4.78 is 65.4. The van der Waals surface area contributed by atoms with Crippen LogP contribution in [0.4, 0.5) is 18.9 Å². The number of rotatable bonds is 8. The molecule has 1 aliphatic heterocycles. The minimum atomic E-state index is -4.57. The Hall–Kier alpha value is -2.10. The van der Waals surface area contributed by atoms with Crippen LogP contribution < -0.4 is 9.62 Å². The first-order chi connectivity index (χ1) is 14.6. The lowest BCUT2D eigenvalue weighted by molar-refractivity contribution is -0.137. The van der Waals surface area contributed by atoms with Crippen molar-refractivity contribution in [1.29, 1.82) is 0 Å². The van der Waals surface area contributed by atoms with Crippen LogP contribution in [-0.4, -0.2) is 52.6 Å². The first-order valence-corrected chi connectivity index (χ1v) is 11.8. The van der Waals surface area contributed by atoms with Crippen molar-refractivity contribution in [3.63, 3.8) is 0 Å². The normalized spacial score (nSPS) is 15.9. The largest absolute Gasteiger partial charge is 0.416 e. The molecule has 0 spiro atoms. The zero-order chi connectivity index (χ0) is 22.5. The Morgan fingerprint density at radius 3 is 2.35 bits per heavy atom. The minimum Gasteiger partial charge on any atom is -0.369 e. The number of aryl methyl sites for hydroxylation is 1. The summed E-state index contributed by atoms with van der Waals surface area (Å²) in [5.41, 5.74) is 1.51. The molecule has 31 heavy (non-hydrogen) atoms. The van der Waals surface area contributed by atoms with Crippen LogP contribution in [0.25, 0.3) is 0 Å². The molecule has 0 amide bonds. The van der Waals surface area contributed by atoms with E-state index in [-0.39, 0.29) is 11.4 Å². The minimum absolute atomic E-state index is 0.196. The summed E-state index contributed by atoms with van der Waals surface area (Å²) in [5, 5.41) is 0. The molecule has 0 bridgehead atoms. The van der Waals surface area contributed by atoms with E-state index < -0.39 is 21.8 Å². The molecule has 9 heteroatoms. The van der Waals surface area contributed by atoms with E-state index in [1.165, 1.54) is 17.3 Å².